The molecule has 2 nitrogen and oxygen atoms in total. The van der Waals surface area contributed by atoms with Crippen LogP contribution in [0.2, 0.25) is 0 Å². The lowest BCUT2D eigenvalue weighted by Crippen LogP contribution is -2.51. The molecule has 2 heteroatoms. The summed E-state index contributed by atoms with van der Waals surface area (Å²) in [5, 5.41) is 3.47. The minimum atomic E-state index is 0.865. The second kappa shape index (κ2) is 2.51. The first kappa shape index (κ1) is 6.62. The largest absolute Gasteiger partial charge is 0.314 e. The summed E-state index contributed by atoms with van der Waals surface area (Å²) in [4.78, 5) is 2.65. The van der Waals surface area contributed by atoms with E-state index in [1.807, 2.05) is 0 Å². The van der Waals surface area contributed by atoms with E-state index in [1.165, 1.54) is 32.5 Å². The van der Waals surface area contributed by atoms with Crippen molar-refractivity contribution in [2.75, 3.05) is 19.6 Å². The zero-order valence-corrected chi connectivity index (χ0v) is 6.64. The van der Waals surface area contributed by atoms with Gasteiger partial charge in [-0.2, -0.15) is 0 Å². The molecule has 2 bridgehead atoms. The third-order valence-corrected chi connectivity index (χ3v) is 2.90. The van der Waals surface area contributed by atoms with E-state index in [1.54, 1.807) is 0 Å². The highest BCUT2D eigenvalue weighted by Gasteiger charge is 2.34. The van der Waals surface area contributed by atoms with Crippen molar-refractivity contribution in [3.63, 3.8) is 0 Å². The Morgan fingerprint density at radius 1 is 1.30 bits per heavy atom. The lowest BCUT2D eigenvalue weighted by atomic mass is 10.2. The maximum absolute atomic E-state index is 3.47. The fourth-order valence-electron chi connectivity index (χ4n) is 2.39. The first-order valence-corrected chi connectivity index (χ1v) is 4.38. The minimum Gasteiger partial charge on any atom is -0.314 e. The van der Waals surface area contributed by atoms with Crippen LogP contribution in [0.15, 0.2) is 0 Å². The second-order valence-electron chi connectivity index (χ2n) is 3.37. The highest BCUT2D eigenvalue weighted by atomic mass is 15.3. The quantitative estimate of drug-likeness (QED) is 0.568. The van der Waals surface area contributed by atoms with Gasteiger partial charge in [-0.05, 0) is 19.4 Å². The molecular formula is C8H16N2. The summed E-state index contributed by atoms with van der Waals surface area (Å²) in [6, 6.07) is 1.73. The Bertz CT molecular complexity index is 108. The third kappa shape index (κ3) is 0.867. The molecule has 2 rings (SSSR count). The van der Waals surface area contributed by atoms with Gasteiger partial charge in [0.1, 0.15) is 0 Å². The van der Waals surface area contributed by atoms with Crippen LogP contribution in [0.4, 0.5) is 0 Å². The van der Waals surface area contributed by atoms with Crippen LogP contribution < -0.4 is 5.32 Å². The van der Waals surface area contributed by atoms with Crippen molar-refractivity contribution in [1.82, 2.24) is 10.2 Å². The van der Waals surface area contributed by atoms with E-state index in [4.69, 9.17) is 0 Å². The molecule has 2 heterocycles. The van der Waals surface area contributed by atoms with Crippen molar-refractivity contribution in [2.24, 2.45) is 0 Å². The van der Waals surface area contributed by atoms with Crippen molar-refractivity contribution < 1.29 is 0 Å². The first-order valence-electron chi connectivity index (χ1n) is 4.38. The Labute approximate surface area is 62.6 Å². The molecule has 0 aromatic heterocycles. The smallest absolute Gasteiger partial charge is 0.0224 e. The molecule has 1 N–H and O–H groups in total. The predicted octanol–water partition coefficient (Wildman–Crippen LogP) is 0.442. The van der Waals surface area contributed by atoms with E-state index in [2.05, 4.69) is 17.1 Å². The van der Waals surface area contributed by atoms with E-state index in [0.29, 0.717) is 0 Å². The third-order valence-electron chi connectivity index (χ3n) is 2.90. The number of rotatable bonds is 1. The van der Waals surface area contributed by atoms with Gasteiger partial charge in [0.15, 0.2) is 0 Å². The summed E-state index contributed by atoms with van der Waals surface area (Å²) < 4.78 is 0. The van der Waals surface area contributed by atoms with E-state index in [0.717, 1.165) is 12.1 Å². The standard InChI is InChI=1S/C8H16N2/c1-2-10-7-3-4-8(10)6-9-5-7/h7-9H,2-6H2,1H3/t7-,8+. The normalized spacial score (nSPS) is 40.5. The molecule has 10 heavy (non-hydrogen) atoms. The van der Waals surface area contributed by atoms with Crippen molar-refractivity contribution in [3.8, 4) is 0 Å². The Hall–Kier alpha value is -0.0800. The molecule has 2 atom stereocenters. The Morgan fingerprint density at radius 3 is 2.30 bits per heavy atom. The fourth-order valence-corrected chi connectivity index (χ4v) is 2.39. The lowest BCUT2D eigenvalue weighted by molar-refractivity contribution is 0.162. The van der Waals surface area contributed by atoms with Gasteiger partial charge in [0.05, 0.1) is 0 Å². The highest BCUT2D eigenvalue weighted by Crippen LogP contribution is 2.25. The molecule has 2 fully saturated rings. The van der Waals surface area contributed by atoms with Crippen molar-refractivity contribution in [3.05, 3.63) is 0 Å². The lowest BCUT2D eigenvalue weighted by Gasteiger charge is -2.34. The molecule has 0 radical (unpaired) electrons. The van der Waals surface area contributed by atoms with E-state index < -0.39 is 0 Å². The number of fused-ring (bicyclic) bond motifs is 2. The summed E-state index contributed by atoms with van der Waals surface area (Å²) in [5.41, 5.74) is 0. The molecule has 0 aromatic rings. The molecule has 2 saturated heterocycles. The Kier molecular flexibility index (Phi) is 1.66. The topological polar surface area (TPSA) is 15.3 Å². The number of hydrogen-bond donors (Lipinski definition) is 1. The Balaban J connectivity index is 2.06. The minimum absolute atomic E-state index is 0.865. The predicted molar refractivity (Wildman–Crippen MR) is 42.1 cm³/mol. The van der Waals surface area contributed by atoms with E-state index in [-0.39, 0.29) is 0 Å². The van der Waals surface area contributed by atoms with Gasteiger partial charge >= 0.3 is 0 Å². The van der Waals surface area contributed by atoms with Crippen molar-refractivity contribution >= 4 is 0 Å². The number of hydrogen-bond acceptors (Lipinski definition) is 2. The molecule has 2 aliphatic rings. The van der Waals surface area contributed by atoms with Crippen LogP contribution in [0, 0.1) is 0 Å². The van der Waals surface area contributed by atoms with Crippen LogP contribution >= 0.6 is 0 Å². The highest BCUT2D eigenvalue weighted by molar-refractivity contribution is 4.93. The van der Waals surface area contributed by atoms with Gasteiger partial charge in [0.2, 0.25) is 0 Å². The van der Waals surface area contributed by atoms with E-state index >= 15 is 0 Å². The summed E-state index contributed by atoms with van der Waals surface area (Å²) >= 11 is 0. The molecule has 0 spiro atoms. The molecule has 2 aliphatic heterocycles. The molecule has 0 aromatic carbocycles. The SMILES string of the molecule is CCN1[C@@H]2CC[C@H]1CNC2. The summed E-state index contributed by atoms with van der Waals surface area (Å²) in [6.07, 6.45) is 2.84. The van der Waals surface area contributed by atoms with Crippen LogP contribution in [-0.2, 0) is 0 Å². The van der Waals surface area contributed by atoms with Crippen LogP contribution in [-0.4, -0.2) is 36.6 Å². The molecule has 58 valence electrons. The van der Waals surface area contributed by atoms with Gasteiger partial charge in [0.25, 0.3) is 0 Å². The number of likely N-dealkylation sites (N-methyl/N-ethyl adjacent to an activating group) is 1. The molecular weight excluding hydrogens is 124 g/mol. The zero-order chi connectivity index (χ0) is 6.97. The van der Waals surface area contributed by atoms with Gasteiger partial charge in [-0.15, -0.1) is 0 Å². The van der Waals surface area contributed by atoms with Crippen molar-refractivity contribution in [1.29, 1.82) is 0 Å². The molecule has 0 unspecified atom stereocenters. The van der Waals surface area contributed by atoms with Crippen LogP contribution in [0.25, 0.3) is 0 Å². The summed E-state index contributed by atoms with van der Waals surface area (Å²) in [6.45, 7) is 5.97. The monoisotopic (exact) mass is 140 g/mol. The molecule has 0 aliphatic carbocycles. The number of nitrogens with one attached hydrogen (secondary N) is 1. The number of piperazine rings is 1. The van der Waals surface area contributed by atoms with Gasteiger partial charge in [-0.3, -0.25) is 4.90 Å². The second-order valence-corrected chi connectivity index (χ2v) is 3.37. The first-order chi connectivity index (χ1) is 4.92. The van der Waals surface area contributed by atoms with Crippen LogP contribution in [0.3, 0.4) is 0 Å². The number of nitrogens with zero attached hydrogens (tertiary/aromatic N) is 1. The molecule has 0 amide bonds. The van der Waals surface area contributed by atoms with Gasteiger partial charge in [-0.25, -0.2) is 0 Å². The molecule has 0 saturated carbocycles. The van der Waals surface area contributed by atoms with E-state index in [9.17, 15) is 0 Å². The van der Waals surface area contributed by atoms with Crippen LogP contribution in [0.1, 0.15) is 19.8 Å². The Morgan fingerprint density at radius 2 is 1.90 bits per heavy atom. The summed E-state index contributed by atoms with van der Waals surface area (Å²) in [5.74, 6) is 0. The maximum atomic E-state index is 3.47. The van der Waals surface area contributed by atoms with Gasteiger partial charge < -0.3 is 5.32 Å². The average molecular weight is 140 g/mol. The summed E-state index contributed by atoms with van der Waals surface area (Å²) in [7, 11) is 0. The van der Waals surface area contributed by atoms with Gasteiger partial charge in [0, 0.05) is 25.2 Å². The average Bonchev–Trinajstić information content (AvgIpc) is 2.19. The van der Waals surface area contributed by atoms with Crippen LogP contribution in [0.5, 0.6) is 0 Å². The maximum Gasteiger partial charge on any atom is 0.0224 e. The zero-order valence-electron chi connectivity index (χ0n) is 6.64. The fraction of sp³-hybridized carbons (Fsp3) is 1.00. The van der Waals surface area contributed by atoms with Crippen molar-refractivity contribution in [2.45, 2.75) is 31.8 Å². The van der Waals surface area contributed by atoms with Gasteiger partial charge in [-0.1, -0.05) is 6.92 Å².